The summed E-state index contributed by atoms with van der Waals surface area (Å²) >= 11 is 3.40. The van der Waals surface area contributed by atoms with Crippen LogP contribution >= 0.6 is 15.9 Å². The van der Waals surface area contributed by atoms with Crippen molar-refractivity contribution in [3.63, 3.8) is 0 Å². The van der Waals surface area contributed by atoms with Crippen molar-refractivity contribution >= 4 is 21.8 Å². The average molecular weight is 365 g/mol. The Morgan fingerprint density at radius 2 is 1.82 bits per heavy atom. The van der Waals surface area contributed by atoms with E-state index in [1.165, 1.54) is 0 Å². The molecule has 0 fully saturated rings. The molecule has 0 spiro atoms. The quantitative estimate of drug-likeness (QED) is 0.812. The average Bonchev–Trinajstić information content (AvgIpc) is 3.02. The minimum Gasteiger partial charge on any atom is -0.451 e. The lowest BCUT2D eigenvalue weighted by atomic mass is 10.2. The molecule has 1 N–H and O–H groups in total. The van der Waals surface area contributed by atoms with Gasteiger partial charge < -0.3 is 14.6 Å². The van der Waals surface area contributed by atoms with Crippen LogP contribution in [0.5, 0.6) is 0 Å². The number of halogens is 1. The fourth-order valence-electron chi connectivity index (χ4n) is 2.18. The molecule has 1 heterocycles. The maximum Gasteiger partial charge on any atom is 0.287 e. The van der Waals surface area contributed by atoms with Crippen molar-refractivity contribution < 1.29 is 9.21 Å². The Balaban J connectivity index is 1.93. The number of furan rings is 1. The van der Waals surface area contributed by atoms with Gasteiger partial charge in [-0.15, -0.1) is 0 Å². The highest BCUT2D eigenvalue weighted by molar-refractivity contribution is 9.10. The van der Waals surface area contributed by atoms with Crippen LogP contribution in [0.1, 0.15) is 24.4 Å². The maximum absolute atomic E-state index is 12.1. The number of benzene rings is 1. The van der Waals surface area contributed by atoms with E-state index in [0.717, 1.165) is 29.7 Å². The van der Waals surface area contributed by atoms with Gasteiger partial charge in [-0.25, -0.2) is 0 Å². The zero-order chi connectivity index (χ0) is 15.9. The molecule has 0 aliphatic heterocycles. The minimum atomic E-state index is -0.171. The number of amides is 1. The number of carbonyl (C=O) groups is 1. The lowest BCUT2D eigenvalue weighted by Crippen LogP contribution is -2.34. The fourth-order valence-corrected chi connectivity index (χ4v) is 2.45. The van der Waals surface area contributed by atoms with Crippen LogP contribution in [0, 0.1) is 0 Å². The van der Waals surface area contributed by atoms with E-state index in [9.17, 15) is 4.79 Å². The van der Waals surface area contributed by atoms with Gasteiger partial charge in [0.05, 0.1) is 0 Å². The summed E-state index contributed by atoms with van der Waals surface area (Å²) in [6, 6.07) is 11.3. The summed E-state index contributed by atoms with van der Waals surface area (Å²) in [5.41, 5.74) is 0.949. The van der Waals surface area contributed by atoms with Crippen LogP contribution in [0.2, 0.25) is 0 Å². The largest absolute Gasteiger partial charge is 0.451 e. The van der Waals surface area contributed by atoms with Gasteiger partial charge in [-0.3, -0.25) is 4.79 Å². The Morgan fingerprint density at radius 1 is 1.14 bits per heavy atom. The molecule has 1 amide bonds. The van der Waals surface area contributed by atoms with Gasteiger partial charge in [-0.2, -0.15) is 0 Å². The van der Waals surface area contributed by atoms with E-state index in [1.54, 1.807) is 6.07 Å². The molecule has 1 aromatic carbocycles. The summed E-state index contributed by atoms with van der Waals surface area (Å²) in [6.45, 7) is 7.67. The normalized spacial score (nSPS) is 10.9. The van der Waals surface area contributed by atoms with Crippen LogP contribution in [0.4, 0.5) is 0 Å². The zero-order valence-corrected chi connectivity index (χ0v) is 14.5. The molecule has 2 rings (SSSR count). The molecular formula is C17H21BrN2O2. The summed E-state index contributed by atoms with van der Waals surface area (Å²) in [7, 11) is 0. The first kappa shape index (κ1) is 16.8. The van der Waals surface area contributed by atoms with Gasteiger partial charge in [0.1, 0.15) is 5.76 Å². The van der Waals surface area contributed by atoms with Gasteiger partial charge in [-0.05, 0) is 37.4 Å². The van der Waals surface area contributed by atoms with Crippen LogP contribution < -0.4 is 5.32 Å². The summed E-state index contributed by atoms with van der Waals surface area (Å²) in [4.78, 5) is 14.3. The van der Waals surface area contributed by atoms with E-state index in [1.807, 2.05) is 30.3 Å². The molecule has 0 aliphatic carbocycles. The molecule has 0 atom stereocenters. The van der Waals surface area contributed by atoms with Crippen LogP contribution in [0.3, 0.4) is 0 Å². The first-order chi connectivity index (χ1) is 10.6. The topological polar surface area (TPSA) is 45.5 Å². The Hall–Kier alpha value is -1.59. The molecule has 4 nitrogen and oxygen atoms in total. The summed E-state index contributed by atoms with van der Waals surface area (Å²) in [5, 5.41) is 2.89. The van der Waals surface area contributed by atoms with Gasteiger partial charge in [0.15, 0.2) is 5.76 Å². The predicted octanol–water partition coefficient (Wildman–Crippen LogP) is 3.78. The SMILES string of the molecule is CCN(CC)CCNC(=O)c1ccc(-c2ccc(Br)cc2)o1. The molecule has 0 saturated carbocycles. The van der Waals surface area contributed by atoms with E-state index in [0.29, 0.717) is 18.1 Å². The Bertz CT molecular complexity index is 603. The predicted molar refractivity (Wildman–Crippen MR) is 92.0 cm³/mol. The van der Waals surface area contributed by atoms with Crippen molar-refractivity contribution in [1.82, 2.24) is 10.2 Å². The van der Waals surface area contributed by atoms with Gasteiger partial charge >= 0.3 is 0 Å². The number of nitrogens with zero attached hydrogens (tertiary/aromatic N) is 1. The van der Waals surface area contributed by atoms with Gasteiger partial charge in [0.2, 0.25) is 0 Å². The van der Waals surface area contributed by atoms with Crippen LogP contribution in [-0.2, 0) is 0 Å². The Kier molecular flexibility index (Phi) is 6.21. The molecular weight excluding hydrogens is 344 g/mol. The molecule has 0 radical (unpaired) electrons. The fraction of sp³-hybridized carbons (Fsp3) is 0.353. The zero-order valence-electron chi connectivity index (χ0n) is 12.9. The second kappa shape index (κ2) is 8.15. The van der Waals surface area contributed by atoms with Gasteiger partial charge in [0, 0.05) is 23.1 Å². The van der Waals surface area contributed by atoms with Crippen molar-refractivity contribution in [3.05, 3.63) is 46.6 Å². The highest BCUT2D eigenvalue weighted by atomic mass is 79.9. The molecule has 1 aromatic heterocycles. The first-order valence-corrected chi connectivity index (χ1v) is 8.29. The van der Waals surface area contributed by atoms with Crippen molar-refractivity contribution in [1.29, 1.82) is 0 Å². The summed E-state index contributed by atoms with van der Waals surface area (Å²) < 4.78 is 6.65. The van der Waals surface area contributed by atoms with Gasteiger partial charge in [0.25, 0.3) is 5.91 Å². The molecule has 2 aromatic rings. The number of carbonyl (C=O) groups excluding carboxylic acids is 1. The third-order valence-electron chi connectivity index (χ3n) is 3.57. The molecule has 0 unspecified atom stereocenters. The lowest BCUT2D eigenvalue weighted by Gasteiger charge is -2.17. The van der Waals surface area contributed by atoms with Crippen LogP contribution in [-0.4, -0.2) is 37.0 Å². The molecule has 0 aliphatic rings. The Labute approximate surface area is 139 Å². The molecule has 0 saturated heterocycles. The highest BCUT2D eigenvalue weighted by Gasteiger charge is 2.12. The third kappa shape index (κ3) is 4.45. The van der Waals surface area contributed by atoms with E-state index in [4.69, 9.17) is 4.42 Å². The minimum absolute atomic E-state index is 0.171. The monoisotopic (exact) mass is 364 g/mol. The van der Waals surface area contributed by atoms with Crippen molar-refractivity contribution in [2.45, 2.75) is 13.8 Å². The smallest absolute Gasteiger partial charge is 0.287 e. The maximum atomic E-state index is 12.1. The van der Waals surface area contributed by atoms with E-state index < -0.39 is 0 Å². The number of nitrogens with one attached hydrogen (secondary N) is 1. The van der Waals surface area contributed by atoms with Gasteiger partial charge in [-0.1, -0.05) is 41.9 Å². The van der Waals surface area contributed by atoms with E-state index in [-0.39, 0.29) is 5.91 Å². The number of hydrogen-bond donors (Lipinski definition) is 1. The number of hydrogen-bond acceptors (Lipinski definition) is 3. The van der Waals surface area contributed by atoms with Crippen molar-refractivity contribution in [2.24, 2.45) is 0 Å². The molecule has 5 heteroatoms. The number of rotatable bonds is 7. The van der Waals surface area contributed by atoms with Crippen LogP contribution in [0.15, 0.2) is 45.3 Å². The molecule has 0 bridgehead atoms. The molecule has 22 heavy (non-hydrogen) atoms. The molecule has 118 valence electrons. The standard InChI is InChI=1S/C17H21BrN2O2/c1-3-20(4-2)12-11-19-17(21)16-10-9-15(22-16)13-5-7-14(18)8-6-13/h5-10H,3-4,11-12H2,1-2H3,(H,19,21). The lowest BCUT2D eigenvalue weighted by molar-refractivity contribution is 0.0922. The third-order valence-corrected chi connectivity index (χ3v) is 4.10. The van der Waals surface area contributed by atoms with Crippen molar-refractivity contribution in [2.75, 3.05) is 26.2 Å². The second-order valence-corrected chi connectivity index (χ2v) is 5.87. The summed E-state index contributed by atoms with van der Waals surface area (Å²) in [5.74, 6) is 0.870. The Morgan fingerprint density at radius 3 is 2.45 bits per heavy atom. The number of likely N-dealkylation sites (N-methyl/N-ethyl adjacent to an activating group) is 1. The highest BCUT2D eigenvalue weighted by Crippen LogP contribution is 2.23. The van der Waals surface area contributed by atoms with Crippen LogP contribution in [0.25, 0.3) is 11.3 Å². The van der Waals surface area contributed by atoms with E-state index >= 15 is 0 Å². The second-order valence-electron chi connectivity index (χ2n) is 4.95. The summed E-state index contributed by atoms with van der Waals surface area (Å²) in [6.07, 6.45) is 0. The van der Waals surface area contributed by atoms with Crippen molar-refractivity contribution in [3.8, 4) is 11.3 Å². The van der Waals surface area contributed by atoms with E-state index in [2.05, 4.69) is 40.0 Å². The first-order valence-electron chi connectivity index (χ1n) is 7.50.